The predicted molar refractivity (Wildman–Crippen MR) is 70.8 cm³/mol. The fraction of sp³-hybridized carbons (Fsp3) is 0.500. The maximum absolute atomic E-state index is 11.9. The number of hydrogen-bond acceptors (Lipinski definition) is 3. The number of aliphatic hydroxyl groups excluding tert-OH is 1. The van der Waals surface area contributed by atoms with Crippen molar-refractivity contribution < 1.29 is 14.6 Å². The smallest absolute Gasteiger partial charge is 0.251 e. The van der Waals surface area contributed by atoms with Crippen molar-refractivity contribution in [1.82, 2.24) is 5.32 Å². The van der Waals surface area contributed by atoms with E-state index in [-0.39, 0.29) is 12.5 Å². The summed E-state index contributed by atoms with van der Waals surface area (Å²) in [7, 11) is 0. The molecule has 2 N–H and O–H groups in total. The minimum atomic E-state index is -0.0432. The number of aryl methyl sites for hydroxylation is 2. The Morgan fingerprint density at radius 3 is 2.83 bits per heavy atom. The molecule has 0 aliphatic rings. The Bertz CT molecular complexity index is 391. The molecule has 1 aromatic carbocycles. The predicted octanol–water partition coefficient (Wildman–Crippen LogP) is 1.43. The highest BCUT2D eigenvalue weighted by Crippen LogP contribution is 2.10. The fourth-order valence-corrected chi connectivity index (χ4v) is 1.62. The third-order valence-electron chi connectivity index (χ3n) is 2.62. The number of carbonyl (C=O) groups excluding carboxylic acids is 1. The molecular weight excluding hydrogens is 230 g/mol. The number of ether oxygens (including phenoxy) is 1. The van der Waals surface area contributed by atoms with E-state index in [0.717, 1.165) is 23.1 Å². The molecule has 0 aliphatic heterocycles. The lowest BCUT2D eigenvalue weighted by Gasteiger charge is -2.08. The monoisotopic (exact) mass is 251 g/mol. The average Bonchev–Trinajstić information content (AvgIpc) is 2.36. The van der Waals surface area contributed by atoms with Crippen LogP contribution < -0.4 is 5.32 Å². The van der Waals surface area contributed by atoms with E-state index in [1.165, 1.54) is 0 Å². The van der Waals surface area contributed by atoms with Crippen LogP contribution in [0.3, 0.4) is 0 Å². The Kier molecular flexibility index (Phi) is 6.39. The second-order valence-electron chi connectivity index (χ2n) is 4.26. The van der Waals surface area contributed by atoms with Gasteiger partial charge in [0, 0.05) is 18.7 Å². The van der Waals surface area contributed by atoms with Crippen molar-refractivity contribution in [1.29, 1.82) is 0 Å². The third kappa shape index (κ3) is 4.85. The number of rotatable bonds is 7. The summed E-state index contributed by atoms with van der Waals surface area (Å²) in [6.07, 6.45) is 0.747. The highest BCUT2D eigenvalue weighted by molar-refractivity contribution is 5.95. The van der Waals surface area contributed by atoms with Crippen LogP contribution in [0.25, 0.3) is 0 Å². The summed E-state index contributed by atoms with van der Waals surface area (Å²) < 4.78 is 5.11. The van der Waals surface area contributed by atoms with Crippen LogP contribution >= 0.6 is 0 Å². The molecular formula is C14H21NO3. The fourth-order valence-electron chi connectivity index (χ4n) is 1.62. The van der Waals surface area contributed by atoms with Crippen molar-refractivity contribution in [3.05, 3.63) is 34.9 Å². The molecule has 0 heterocycles. The summed E-state index contributed by atoms with van der Waals surface area (Å²) in [6, 6.07) is 5.84. The van der Waals surface area contributed by atoms with E-state index in [2.05, 4.69) is 5.32 Å². The van der Waals surface area contributed by atoms with Gasteiger partial charge in [-0.2, -0.15) is 0 Å². The number of nitrogens with one attached hydrogen (secondary N) is 1. The quantitative estimate of drug-likeness (QED) is 0.721. The van der Waals surface area contributed by atoms with Gasteiger partial charge in [0.1, 0.15) is 0 Å². The summed E-state index contributed by atoms with van der Waals surface area (Å²) in [5, 5.41) is 11.4. The van der Waals surface area contributed by atoms with Crippen LogP contribution in [0.1, 0.15) is 27.9 Å². The summed E-state index contributed by atoms with van der Waals surface area (Å²) in [4.78, 5) is 11.9. The zero-order valence-corrected chi connectivity index (χ0v) is 11.0. The van der Waals surface area contributed by atoms with Gasteiger partial charge >= 0.3 is 0 Å². The molecule has 0 saturated carbocycles. The van der Waals surface area contributed by atoms with Gasteiger partial charge < -0.3 is 15.2 Å². The van der Waals surface area contributed by atoms with Crippen LogP contribution in [0.2, 0.25) is 0 Å². The first kappa shape index (κ1) is 14.7. The zero-order chi connectivity index (χ0) is 13.4. The van der Waals surface area contributed by atoms with Gasteiger partial charge in [-0.3, -0.25) is 4.79 Å². The largest absolute Gasteiger partial charge is 0.394 e. The lowest BCUT2D eigenvalue weighted by atomic mass is 10.1. The lowest BCUT2D eigenvalue weighted by molar-refractivity contribution is 0.0867. The standard InChI is InChI=1S/C14H21NO3/c1-11-4-5-12(2)13(10-11)14(17)15-6-3-8-18-9-7-16/h4-5,10,16H,3,6-9H2,1-2H3,(H,15,17). The maximum Gasteiger partial charge on any atom is 0.251 e. The molecule has 1 amide bonds. The molecule has 0 atom stereocenters. The molecule has 100 valence electrons. The second-order valence-corrected chi connectivity index (χ2v) is 4.26. The second kappa shape index (κ2) is 7.84. The normalized spacial score (nSPS) is 10.4. The zero-order valence-electron chi connectivity index (χ0n) is 11.0. The van der Waals surface area contributed by atoms with Gasteiger partial charge in [0.15, 0.2) is 0 Å². The van der Waals surface area contributed by atoms with Gasteiger partial charge in [-0.25, -0.2) is 0 Å². The molecule has 0 bridgehead atoms. The van der Waals surface area contributed by atoms with Gasteiger partial charge in [0.2, 0.25) is 0 Å². The van der Waals surface area contributed by atoms with Gasteiger partial charge in [-0.15, -0.1) is 0 Å². The molecule has 0 spiro atoms. The Labute approximate surface area is 108 Å². The Morgan fingerprint density at radius 2 is 2.11 bits per heavy atom. The van der Waals surface area contributed by atoms with Crippen molar-refractivity contribution >= 4 is 5.91 Å². The highest BCUT2D eigenvalue weighted by atomic mass is 16.5. The van der Waals surface area contributed by atoms with E-state index >= 15 is 0 Å². The number of aliphatic hydroxyl groups is 1. The summed E-state index contributed by atoms with van der Waals surface area (Å²) in [6.45, 7) is 5.42. The van der Waals surface area contributed by atoms with Gasteiger partial charge in [-0.1, -0.05) is 17.7 Å². The summed E-state index contributed by atoms with van der Waals surface area (Å²) >= 11 is 0. The average molecular weight is 251 g/mol. The maximum atomic E-state index is 11.9. The molecule has 0 aromatic heterocycles. The summed E-state index contributed by atoms with van der Waals surface area (Å²) in [5.74, 6) is -0.0432. The van der Waals surface area contributed by atoms with Crippen molar-refractivity contribution in [2.75, 3.05) is 26.4 Å². The number of benzene rings is 1. The molecule has 18 heavy (non-hydrogen) atoms. The first-order valence-electron chi connectivity index (χ1n) is 6.19. The van der Waals surface area contributed by atoms with Gasteiger partial charge in [0.05, 0.1) is 13.2 Å². The van der Waals surface area contributed by atoms with Gasteiger partial charge in [-0.05, 0) is 31.9 Å². The molecule has 0 unspecified atom stereocenters. The lowest BCUT2D eigenvalue weighted by Crippen LogP contribution is -2.26. The Balaban J connectivity index is 2.34. The highest BCUT2D eigenvalue weighted by Gasteiger charge is 2.07. The van der Waals surface area contributed by atoms with Crippen molar-refractivity contribution in [3.8, 4) is 0 Å². The number of carbonyl (C=O) groups is 1. The topological polar surface area (TPSA) is 58.6 Å². The van der Waals surface area contributed by atoms with E-state index in [9.17, 15) is 4.79 Å². The molecule has 0 saturated heterocycles. The Morgan fingerprint density at radius 1 is 1.33 bits per heavy atom. The van der Waals surface area contributed by atoms with Crippen molar-refractivity contribution in [3.63, 3.8) is 0 Å². The van der Waals surface area contributed by atoms with E-state index in [4.69, 9.17) is 9.84 Å². The van der Waals surface area contributed by atoms with Gasteiger partial charge in [0.25, 0.3) is 5.91 Å². The Hall–Kier alpha value is -1.39. The third-order valence-corrected chi connectivity index (χ3v) is 2.62. The first-order valence-corrected chi connectivity index (χ1v) is 6.19. The number of amides is 1. The molecule has 1 aromatic rings. The molecule has 0 fully saturated rings. The van der Waals surface area contributed by atoms with Crippen LogP contribution in [0, 0.1) is 13.8 Å². The van der Waals surface area contributed by atoms with Crippen LogP contribution in [-0.4, -0.2) is 37.4 Å². The van der Waals surface area contributed by atoms with Crippen molar-refractivity contribution in [2.24, 2.45) is 0 Å². The molecule has 0 radical (unpaired) electrons. The molecule has 1 rings (SSSR count). The van der Waals surface area contributed by atoms with Crippen molar-refractivity contribution in [2.45, 2.75) is 20.3 Å². The summed E-state index contributed by atoms with van der Waals surface area (Å²) in [5.41, 5.74) is 2.79. The first-order chi connectivity index (χ1) is 8.65. The van der Waals surface area contributed by atoms with Crippen LogP contribution in [0.5, 0.6) is 0 Å². The minimum absolute atomic E-state index is 0.0366. The number of hydrogen-bond donors (Lipinski definition) is 2. The van der Waals surface area contributed by atoms with Crippen LogP contribution in [0.4, 0.5) is 0 Å². The van der Waals surface area contributed by atoms with Crippen LogP contribution in [0.15, 0.2) is 18.2 Å². The van der Waals surface area contributed by atoms with E-state index < -0.39 is 0 Å². The molecule has 4 nitrogen and oxygen atoms in total. The molecule has 0 aliphatic carbocycles. The molecule has 4 heteroatoms. The minimum Gasteiger partial charge on any atom is -0.394 e. The van der Waals surface area contributed by atoms with E-state index in [1.54, 1.807) is 0 Å². The SMILES string of the molecule is Cc1ccc(C)c(C(=O)NCCCOCCO)c1. The van der Waals surface area contributed by atoms with E-state index in [1.807, 2.05) is 32.0 Å². The van der Waals surface area contributed by atoms with E-state index in [0.29, 0.717) is 19.8 Å². The van der Waals surface area contributed by atoms with Crippen LogP contribution in [-0.2, 0) is 4.74 Å².